The molecule has 4 rings (SSSR count). The van der Waals surface area contributed by atoms with Gasteiger partial charge in [0, 0.05) is 30.4 Å². The first-order valence-electron chi connectivity index (χ1n) is 6.62. The lowest BCUT2D eigenvalue weighted by molar-refractivity contribution is -0.127. The van der Waals surface area contributed by atoms with Gasteiger partial charge in [0.2, 0.25) is 0 Å². The van der Waals surface area contributed by atoms with Crippen LogP contribution in [0.2, 0.25) is 0 Å². The molecule has 3 heterocycles. The zero-order chi connectivity index (χ0) is 13.7. The third kappa shape index (κ3) is 1.59. The second-order valence-corrected chi connectivity index (χ2v) is 5.71. The predicted octanol–water partition coefficient (Wildman–Crippen LogP) is 1.77. The number of ether oxygens (including phenoxy) is 1. The maximum absolute atomic E-state index is 11.3. The van der Waals surface area contributed by atoms with E-state index >= 15 is 0 Å². The van der Waals surface area contributed by atoms with E-state index in [4.69, 9.17) is 4.74 Å². The molecule has 0 bridgehead atoms. The van der Waals surface area contributed by atoms with Crippen molar-refractivity contribution in [3.8, 4) is 0 Å². The molecule has 2 aromatic rings. The lowest BCUT2D eigenvalue weighted by Crippen LogP contribution is -2.66. The van der Waals surface area contributed by atoms with E-state index in [0.717, 1.165) is 37.5 Å². The maximum atomic E-state index is 11.3. The smallest absolute Gasteiger partial charge is 0.336 e. The summed E-state index contributed by atoms with van der Waals surface area (Å²) < 4.78 is 5.27. The molecule has 0 aliphatic carbocycles. The highest BCUT2D eigenvalue weighted by Crippen LogP contribution is 2.40. The summed E-state index contributed by atoms with van der Waals surface area (Å²) in [5.74, 6) is -0.915. The number of hydrogen-bond donors (Lipinski definition) is 1. The van der Waals surface area contributed by atoms with Gasteiger partial charge in [-0.1, -0.05) is 0 Å². The Bertz CT molecular complexity index is 701. The monoisotopic (exact) mass is 270 g/mol. The lowest BCUT2D eigenvalue weighted by atomic mass is 9.77. The number of benzene rings is 1. The van der Waals surface area contributed by atoms with Gasteiger partial charge in [0.15, 0.2) is 0 Å². The molecule has 2 fully saturated rings. The molecule has 1 aromatic heterocycles. The van der Waals surface area contributed by atoms with Crippen LogP contribution in [0.4, 0.5) is 5.69 Å². The van der Waals surface area contributed by atoms with E-state index < -0.39 is 5.97 Å². The first kappa shape index (κ1) is 11.7. The molecule has 1 spiro atoms. The molecule has 2 saturated heterocycles. The van der Waals surface area contributed by atoms with Crippen molar-refractivity contribution in [3.05, 3.63) is 36.0 Å². The number of anilines is 1. The van der Waals surface area contributed by atoms with Gasteiger partial charge in [-0.2, -0.15) is 0 Å². The normalized spacial score (nSPS) is 19.7. The number of pyridine rings is 1. The van der Waals surface area contributed by atoms with Crippen molar-refractivity contribution in [2.75, 3.05) is 31.2 Å². The number of hydrogen-bond acceptors (Lipinski definition) is 4. The minimum Gasteiger partial charge on any atom is -0.478 e. The summed E-state index contributed by atoms with van der Waals surface area (Å²) >= 11 is 0. The Labute approximate surface area is 115 Å². The van der Waals surface area contributed by atoms with Crippen molar-refractivity contribution < 1.29 is 14.6 Å². The number of nitrogens with zero attached hydrogens (tertiary/aromatic N) is 2. The number of carboxylic acids is 1. The molecular weight excluding hydrogens is 256 g/mol. The summed E-state index contributed by atoms with van der Waals surface area (Å²) in [5, 5.41) is 9.95. The Balaban J connectivity index is 1.71. The van der Waals surface area contributed by atoms with Gasteiger partial charge in [-0.05, 0) is 24.3 Å². The molecule has 20 heavy (non-hydrogen) atoms. The molecule has 1 N–H and O–H groups in total. The maximum Gasteiger partial charge on any atom is 0.336 e. The minimum atomic E-state index is -0.915. The van der Waals surface area contributed by atoms with Crippen LogP contribution < -0.4 is 4.90 Å². The van der Waals surface area contributed by atoms with Gasteiger partial charge in [0.25, 0.3) is 0 Å². The van der Waals surface area contributed by atoms with Gasteiger partial charge in [0.1, 0.15) is 0 Å². The van der Waals surface area contributed by atoms with Crippen LogP contribution in [0.5, 0.6) is 0 Å². The molecule has 0 amide bonds. The van der Waals surface area contributed by atoms with Crippen molar-refractivity contribution in [1.29, 1.82) is 0 Å². The standard InChI is InChI=1S/C15H14N2O3/c18-14(19)11-3-4-16-13-2-1-10(5-12(11)13)17-6-15(7-17)8-20-9-15/h1-5H,6-9H2,(H,18,19). The second-order valence-electron chi connectivity index (χ2n) is 5.71. The molecule has 0 radical (unpaired) electrons. The van der Waals surface area contributed by atoms with E-state index in [-0.39, 0.29) is 0 Å². The highest BCUT2D eigenvalue weighted by atomic mass is 16.5. The topological polar surface area (TPSA) is 62.7 Å². The summed E-state index contributed by atoms with van der Waals surface area (Å²) in [6.45, 7) is 3.67. The summed E-state index contributed by atoms with van der Waals surface area (Å²) in [6, 6.07) is 7.37. The van der Waals surface area contributed by atoms with Gasteiger partial charge in [-0.25, -0.2) is 4.79 Å². The van der Waals surface area contributed by atoms with Crippen molar-refractivity contribution >= 4 is 22.6 Å². The molecule has 2 aliphatic rings. The molecule has 0 unspecified atom stereocenters. The largest absolute Gasteiger partial charge is 0.478 e. The Morgan fingerprint density at radius 1 is 1.30 bits per heavy atom. The zero-order valence-electron chi connectivity index (χ0n) is 10.9. The fourth-order valence-electron chi connectivity index (χ4n) is 3.04. The highest BCUT2D eigenvalue weighted by Gasteiger charge is 2.49. The van der Waals surface area contributed by atoms with Gasteiger partial charge < -0.3 is 14.7 Å². The van der Waals surface area contributed by atoms with E-state index in [9.17, 15) is 9.90 Å². The third-order valence-electron chi connectivity index (χ3n) is 4.19. The van der Waals surface area contributed by atoms with E-state index in [1.54, 1.807) is 6.07 Å². The quantitative estimate of drug-likeness (QED) is 0.901. The first-order chi connectivity index (χ1) is 9.67. The first-order valence-corrected chi connectivity index (χ1v) is 6.62. The molecule has 0 atom stereocenters. The van der Waals surface area contributed by atoms with Crippen molar-refractivity contribution in [2.24, 2.45) is 5.41 Å². The summed E-state index contributed by atoms with van der Waals surface area (Å²) in [5.41, 5.74) is 2.43. The third-order valence-corrected chi connectivity index (χ3v) is 4.19. The van der Waals surface area contributed by atoms with Crippen molar-refractivity contribution in [2.45, 2.75) is 0 Å². The number of carboxylic acid groups (broad SMARTS) is 1. The minimum absolute atomic E-state index is 0.305. The van der Waals surface area contributed by atoms with Gasteiger partial charge in [-0.15, -0.1) is 0 Å². The van der Waals surface area contributed by atoms with E-state index in [2.05, 4.69) is 9.88 Å². The van der Waals surface area contributed by atoms with Crippen LogP contribution in [0.1, 0.15) is 10.4 Å². The van der Waals surface area contributed by atoms with Crippen LogP contribution in [-0.2, 0) is 4.74 Å². The Morgan fingerprint density at radius 3 is 2.75 bits per heavy atom. The van der Waals surface area contributed by atoms with Crippen LogP contribution >= 0.6 is 0 Å². The molecule has 1 aromatic carbocycles. The molecule has 2 aliphatic heterocycles. The Hall–Kier alpha value is -2.14. The van der Waals surface area contributed by atoms with Gasteiger partial charge >= 0.3 is 5.97 Å². The Kier molecular flexibility index (Phi) is 2.29. The number of aromatic carboxylic acids is 1. The zero-order valence-corrected chi connectivity index (χ0v) is 10.9. The SMILES string of the molecule is O=C(O)c1ccnc2ccc(N3CC4(COC4)C3)cc12. The molecular formula is C15H14N2O3. The fourth-order valence-corrected chi connectivity index (χ4v) is 3.04. The van der Waals surface area contributed by atoms with E-state index in [1.165, 1.54) is 6.20 Å². The highest BCUT2D eigenvalue weighted by molar-refractivity contribution is 6.03. The predicted molar refractivity (Wildman–Crippen MR) is 74.2 cm³/mol. The van der Waals surface area contributed by atoms with Crippen LogP contribution in [0.3, 0.4) is 0 Å². The van der Waals surface area contributed by atoms with Crippen molar-refractivity contribution in [1.82, 2.24) is 4.98 Å². The number of carbonyl (C=O) groups is 1. The lowest BCUT2D eigenvalue weighted by Gasteiger charge is -2.56. The van der Waals surface area contributed by atoms with Crippen LogP contribution in [0.25, 0.3) is 10.9 Å². The van der Waals surface area contributed by atoms with E-state index in [1.807, 2.05) is 18.2 Å². The van der Waals surface area contributed by atoms with Crippen LogP contribution in [0, 0.1) is 5.41 Å². The van der Waals surface area contributed by atoms with Gasteiger partial charge in [-0.3, -0.25) is 4.98 Å². The van der Waals surface area contributed by atoms with Crippen LogP contribution in [-0.4, -0.2) is 42.4 Å². The number of aromatic nitrogens is 1. The molecule has 5 nitrogen and oxygen atoms in total. The van der Waals surface area contributed by atoms with Gasteiger partial charge in [0.05, 0.1) is 29.7 Å². The van der Waals surface area contributed by atoms with E-state index in [0.29, 0.717) is 16.4 Å². The van der Waals surface area contributed by atoms with Crippen molar-refractivity contribution in [3.63, 3.8) is 0 Å². The summed E-state index contributed by atoms with van der Waals surface area (Å²) in [7, 11) is 0. The Morgan fingerprint density at radius 2 is 2.10 bits per heavy atom. The second kappa shape index (κ2) is 3.93. The summed E-state index contributed by atoms with van der Waals surface area (Å²) in [4.78, 5) is 17.8. The summed E-state index contributed by atoms with van der Waals surface area (Å²) in [6.07, 6.45) is 1.54. The number of fused-ring (bicyclic) bond motifs is 1. The average molecular weight is 270 g/mol. The van der Waals surface area contributed by atoms with Crippen LogP contribution in [0.15, 0.2) is 30.5 Å². The average Bonchev–Trinajstić information content (AvgIpc) is 2.34. The molecule has 0 saturated carbocycles. The number of rotatable bonds is 2. The molecule has 5 heteroatoms. The fraction of sp³-hybridized carbons (Fsp3) is 0.333. The molecule has 102 valence electrons.